The molecule has 1 aromatic carbocycles. The van der Waals surface area contributed by atoms with Crippen LogP contribution in [0.15, 0.2) is 12.1 Å². The van der Waals surface area contributed by atoms with Gasteiger partial charge in [0, 0.05) is 11.6 Å². The molecule has 2 rings (SSSR count). The number of benzene rings is 1. The lowest BCUT2D eigenvalue weighted by Gasteiger charge is -2.17. The Balaban J connectivity index is 2.29. The minimum Gasteiger partial charge on any atom is -0.508 e. The summed E-state index contributed by atoms with van der Waals surface area (Å²) in [6.45, 7) is 1.05. The van der Waals surface area contributed by atoms with Gasteiger partial charge in [0.25, 0.3) is 0 Å². The number of aromatic hydroxyl groups is 1. The lowest BCUT2D eigenvalue weighted by Crippen LogP contribution is -2.23. The number of hydrogen-bond acceptors (Lipinski definition) is 4. The summed E-state index contributed by atoms with van der Waals surface area (Å²) in [4.78, 5) is 0. The van der Waals surface area contributed by atoms with Gasteiger partial charge < -0.3 is 19.9 Å². The number of ether oxygens (including phenoxy) is 2. The number of methoxy groups -OCH3 is 2. The topological polar surface area (TPSA) is 50.7 Å². The van der Waals surface area contributed by atoms with Gasteiger partial charge in [-0.2, -0.15) is 0 Å². The highest BCUT2D eigenvalue weighted by Gasteiger charge is 2.21. The molecule has 0 bridgehead atoms. The molecule has 1 saturated heterocycles. The van der Waals surface area contributed by atoms with Crippen LogP contribution in [0.3, 0.4) is 0 Å². The zero-order chi connectivity index (χ0) is 12.3. The quantitative estimate of drug-likeness (QED) is 0.837. The van der Waals surface area contributed by atoms with Gasteiger partial charge in [0.1, 0.15) is 5.75 Å². The molecular formula is C13H19NO3. The third-order valence-corrected chi connectivity index (χ3v) is 3.24. The molecule has 1 fully saturated rings. The average Bonchev–Trinajstić information content (AvgIpc) is 2.84. The Hall–Kier alpha value is -1.42. The van der Waals surface area contributed by atoms with E-state index in [0.29, 0.717) is 17.5 Å². The first-order valence-electron chi connectivity index (χ1n) is 5.92. The van der Waals surface area contributed by atoms with Crippen molar-refractivity contribution >= 4 is 0 Å². The molecular weight excluding hydrogens is 218 g/mol. The summed E-state index contributed by atoms with van der Waals surface area (Å²) in [5.41, 5.74) is 0.825. The second-order valence-electron chi connectivity index (χ2n) is 4.30. The van der Waals surface area contributed by atoms with Crippen molar-refractivity contribution < 1.29 is 14.6 Å². The third-order valence-electron chi connectivity index (χ3n) is 3.24. The predicted octanol–water partition coefficient (Wildman–Crippen LogP) is 1.70. The van der Waals surface area contributed by atoms with E-state index in [9.17, 15) is 5.11 Å². The molecule has 0 aromatic heterocycles. The molecule has 0 aliphatic carbocycles. The van der Waals surface area contributed by atoms with Crippen LogP contribution in [-0.2, 0) is 6.42 Å². The van der Waals surface area contributed by atoms with Gasteiger partial charge in [0.15, 0.2) is 11.5 Å². The highest BCUT2D eigenvalue weighted by molar-refractivity contribution is 5.53. The zero-order valence-corrected chi connectivity index (χ0v) is 10.3. The van der Waals surface area contributed by atoms with Gasteiger partial charge in [0.2, 0.25) is 0 Å². The van der Waals surface area contributed by atoms with Gasteiger partial charge in [-0.1, -0.05) is 0 Å². The van der Waals surface area contributed by atoms with Gasteiger partial charge >= 0.3 is 0 Å². The molecule has 1 aliphatic rings. The van der Waals surface area contributed by atoms with E-state index in [1.54, 1.807) is 26.4 Å². The first-order chi connectivity index (χ1) is 8.26. The van der Waals surface area contributed by atoms with Gasteiger partial charge in [-0.3, -0.25) is 0 Å². The summed E-state index contributed by atoms with van der Waals surface area (Å²) in [5, 5.41) is 13.4. The fraction of sp³-hybridized carbons (Fsp3) is 0.538. The van der Waals surface area contributed by atoms with E-state index in [0.717, 1.165) is 24.9 Å². The van der Waals surface area contributed by atoms with Crippen LogP contribution >= 0.6 is 0 Å². The van der Waals surface area contributed by atoms with E-state index in [-0.39, 0.29) is 5.75 Å². The first kappa shape index (κ1) is 12.0. The Morgan fingerprint density at radius 1 is 1.35 bits per heavy atom. The molecule has 1 aliphatic heterocycles. The van der Waals surface area contributed by atoms with Crippen molar-refractivity contribution in [2.45, 2.75) is 25.3 Å². The minimum absolute atomic E-state index is 0.274. The van der Waals surface area contributed by atoms with E-state index in [2.05, 4.69) is 5.32 Å². The molecule has 1 heterocycles. The zero-order valence-electron chi connectivity index (χ0n) is 10.3. The molecule has 1 atom stereocenters. The van der Waals surface area contributed by atoms with Crippen molar-refractivity contribution in [1.82, 2.24) is 5.32 Å². The molecule has 0 spiro atoms. The Morgan fingerprint density at radius 3 is 2.76 bits per heavy atom. The van der Waals surface area contributed by atoms with Crippen LogP contribution in [0.2, 0.25) is 0 Å². The van der Waals surface area contributed by atoms with Crippen molar-refractivity contribution in [2.75, 3.05) is 20.8 Å². The highest BCUT2D eigenvalue weighted by atomic mass is 16.5. The van der Waals surface area contributed by atoms with Crippen LogP contribution in [0.1, 0.15) is 18.4 Å². The van der Waals surface area contributed by atoms with Crippen molar-refractivity contribution in [2.24, 2.45) is 0 Å². The van der Waals surface area contributed by atoms with Crippen molar-refractivity contribution in [3.63, 3.8) is 0 Å². The number of phenols is 1. The number of rotatable bonds is 4. The Kier molecular flexibility index (Phi) is 3.74. The molecule has 1 aromatic rings. The smallest absolute Gasteiger partial charge is 0.167 e. The number of hydrogen-bond donors (Lipinski definition) is 2. The summed E-state index contributed by atoms with van der Waals surface area (Å²) < 4.78 is 10.6. The number of nitrogens with one attached hydrogen (secondary N) is 1. The maximum absolute atomic E-state index is 9.94. The van der Waals surface area contributed by atoms with E-state index >= 15 is 0 Å². The monoisotopic (exact) mass is 237 g/mol. The molecule has 17 heavy (non-hydrogen) atoms. The molecule has 1 unspecified atom stereocenters. The van der Waals surface area contributed by atoms with Crippen molar-refractivity contribution in [1.29, 1.82) is 0 Å². The van der Waals surface area contributed by atoms with Crippen LogP contribution in [0.4, 0.5) is 0 Å². The van der Waals surface area contributed by atoms with E-state index in [1.165, 1.54) is 6.42 Å². The van der Waals surface area contributed by atoms with Crippen LogP contribution < -0.4 is 14.8 Å². The molecule has 0 saturated carbocycles. The average molecular weight is 237 g/mol. The molecule has 4 heteroatoms. The number of phenolic OH excluding ortho intramolecular Hbond substituents is 1. The maximum atomic E-state index is 9.94. The Morgan fingerprint density at radius 2 is 2.18 bits per heavy atom. The SMILES string of the molecule is COc1ccc(O)c(CC2CCCN2)c1OC. The fourth-order valence-electron chi connectivity index (χ4n) is 2.36. The predicted molar refractivity (Wildman–Crippen MR) is 65.9 cm³/mol. The summed E-state index contributed by atoms with van der Waals surface area (Å²) >= 11 is 0. The molecule has 0 amide bonds. The highest BCUT2D eigenvalue weighted by Crippen LogP contribution is 2.38. The lowest BCUT2D eigenvalue weighted by atomic mass is 10.0. The largest absolute Gasteiger partial charge is 0.508 e. The Labute approximate surface area is 102 Å². The Bertz CT molecular complexity index is 386. The van der Waals surface area contributed by atoms with Crippen LogP contribution in [-0.4, -0.2) is 31.9 Å². The summed E-state index contributed by atoms with van der Waals surface area (Å²) in [7, 11) is 3.20. The van der Waals surface area contributed by atoms with Gasteiger partial charge in [-0.25, -0.2) is 0 Å². The standard InChI is InChI=1S/C13H19NO3/c1-16-12-6-5-11(15)10(13(12)17-2)8-9-4-3-7-14-9/h5-6,9,14-15H,3-4,7-8H2,1-2H3. The first-order valence-corrected chi connectivity index (χ1v) is 5.92. The second-order valence-corrected chi connectivity index (χ2v) is 4.30. The normalized spacial score (nSPS) is 19.3. The lowest BCUT2D eigenvalue weighted by molar-refractivity contribution is 0.345. The summed E-state index contributed by atoms with van der Waals surface area (Å²) in [6, 6.07) is 3.80. The van der Waals surface area contributed by atoms with Crippen molar-refractivity contribution in [3.05, 3.63) is 17.7 Å². The van der Waals surface area contributed by atoms with Crippen LogP contribution in [0.5, 0.6) is 17.2 Å². The van der Waals surface area contributed by atoms with Crippen LogP contribution in [0.25, 0.3) is 0 Å². The minimum atomic E-state index is 0.274. The van der Waals surface area contributed by atoms with E-state index in [1.807, 2.05) is 0 Å². The van der Waals surface area contributed by atoms with E-state index in [4.69, 9.17) is 9.47 Å². The third kappa shape index (κ3) is 2.47. The summed E-state index contributed by atoms with van der Waals surface area (Å²) in [5.74, 6) is 1.58. The molecule has 0 radical (unpaired) electrons. The van der Waals surface area contributed by atoms with E-state index < -0.39 is 0 Å². The second kappa shape index (κ2) is 5.27. The van der Waals surface area contributed by atoms with Crippen molar-refractivity contribution in [3.8, 4) is 17.2 Å². The maximum Gasteiger partial charge on any atom is 0.167 e. The fourth-order valence-corrected chi connectivity index (χ4v) is 2.36. The van der Waals surface area contributed by atoms with Crippen LogP contribution in [0, 0.1) is 0 Å². The summed E-state index contributed by atoms with van der Waals surface area (Å²) in [6.07, 6.45) is 3.10. The molecule has 2 N–H and O–H groups in total. The van der Waals surface area contributed by atoms with Gasteiger partial charge in [0.05, 0.1) is 14.2 Å². The molecule has 94 valence electrons. The van der Waals surface area contributed by atoms with Gasteiger partial charge in [-0.05, 0) is 37.9 Å². The molecule has 4 nitrogen and oxygen atoms in total. The van der Waals surface area contributed by atoms with Gasteiger partial charge in [-0.15, -0.1) is 0 Å².